The van der Waals surface area contributed by atoms with Gasteiger partial charge in [-0.2, -0.15) is 5.21 Å². The molecule has 46 heavy (non-hydrogen) atoms. The molecule has 1 aromatic heterocycles. The number of nitrogens with zero attached hydrogens (tertiary/aromatic N) is 5. The predicted molar refractivity (Wildman–Crippen MR) is 180 cm³/mol. The summed E-state index contributed by atoms with van der Waals surface area (Å²) in [6.07, 6.45) is 10.8. The summed E-state index contributed by atoms with van der Waals surface area (Å²) < 4.78 is 0. The van der Waals surface area contributed by atoms with Gasteiger partial charge in [0.25, 0.3) is 11.8 Å². The molecule has 1 aliphatic heterocycles. The lowest BCUT2D eigenvalue weighted by Gasteiger charge is -2.46. The molecule has 2 heterocycles. The van der Waals surface area contributed by atoms with Crippen LogP contribution in [0.1, 0.15) is 118 Å². The number of amides is 2. The normalized spacial score (nSPS) is 22.8. The predicted octanol–water partition coefficient (Wildman–Crippen LogP) is 7.71. The van der Waals surface area contributed by atoms with Crippen LogP contribution in [0.5, 0.6) is 0 Å². The second-order valence-electron chi connectivity index (χ2n) is 14.4. The molecule has 0 unspecified atom stereocenters. The lowest BCUT2D eigenvalue weighted by Crippen LogP contribution is -2.51. The Morgan fingerprint density at radius 3 is 2.28 bits per heavy atom. The van der Waals surface area contributed by atoms with Crippen LogP contribution in [-0.2, 0) is 11.3 Å². The third-order valence-corrected chi connectivity index (χ3v) is 10.5. The van der Waals surface area contributed by atoms with Crippen molar-refractivity contribution in [3.05, 3.63) is 75.0 Å². The van der Waals surface area contributed by atoms with Crippen LogP contribution in [-0.4, -0.2) is 48.7 Å². The topological polar surface area (TPSA) is 116 Å². The van der Waals surface area contributed by atoms with E-state index in [2.05, 4.69) is 51.6 Å². The van der Waals surface area contributed by atoms with Crippen molar-refractivity contribution >= 4 is 40.7 Å². The van der Waals surface area contributed by atoms with Gasteiger partial charge in [0.2, 0.25) is 0 Å². The van der Waals surface area contributed by atoms with E-state index in [-0.39, 0.29) is 29.8 Å². The average Bonchev–Trinajstić information content (AvgIpc) is 3.79. The summed E-state index contributed by atoms with van der Waals surface area (Å²) in [7, 11) is 0. The summed E-state index contributed by atoms with van der Waals surface area (Å²) in [6.45, 7) is 6.86. The van der Waals surface area contributed by atoms with Gasteiger partial charge >= 0.3 is 0 Å². The van der Waals surface area contributed by atoms with Crippen LogP contribution in [0.25, 0.3) is 0 Å². The van der Waals surface area contributed by atoms with Gasteiger partial charge in [-0.15, -0.1) is 10.2 Å². The van der Waals surface area contributed by atoms with Crippen molar-refractivity contribution in [2.75, 3.05) is 0 Å². The molecular weight excluding hydrogens is 621 g/mol. The van der Waals surface area contributed by atoms with Crippen molar-refractivity contribution < 1.29 is 9.59 Å². The second kappa shape index (κ2) is 13.4. The van der Waals surface area contributed by atoms with Crippen LogP contribution in [0.4, 0.5) is 0 Å². The van der Waals surface area contributed by atoms with Crippen molar-refractivity contribution in [2.24, 2.45) is 22.2 Å². The molecule has 2 aromatic carbocycles. The SMILES string of the molecule is CC(C)(C)CC[C@H](c1ccc(C(=O)NCc2nn[nH]n2)cc1)N1C(=O)C(c2cc(Cl)cc(Cl)c2)=NC12CCC(C1CCCC1)CC2. The molecule has 0 saturated heterocycles. The molecule has 2 N–H and O–H groups in total. The standard InChI is InChI=1S/C35H43Cl2N7O2/c1-34(2,3)15-14-29(24-8-10-25(11-9-24)32(45)38-21-30-40-42-43-41-30)44-33(46)31(26-18-27(36)20-28(37)19-26)39-35(44)16-12-23(13-17-35)22-6-4-5-7-22/h8-11,18-20,22-23,29H,4-7,12-17,21H2,1-3H3,(H,38,45)(H,40,41,42,43)/t23?,29-,35?/m1/s1. The zero-order valence-electron chi connectivity index (χ0n) is 26.9. The minimum absolute atomic E-state index is 0.0630. The first-order valence-electron chi connectivity index (χ1n) is 16.5. The average molecular weight is 665 g/mol. The van der Waals surface area contributed by atoms with E-state index in [0.717, 1.165) is 50.0 Å². The fourth-order valence-corrected chi connectivity index (χ4v) is 8.19. The van der Waals surface area contributed by atoms with Crippen LogP contribution in [0, 0.1) is 17.3 Å². The number of hydrogen-bond acceptors (Lipinski definition) is 6. The van der Waals surface area contributed by atoms with Crippen LogP contribution < -0.4 is 5.32 Å². The number of rotatable bonds is 9. The monoisotopic (exact) mass is 663 g/mol. The minimum Gasteiger partial charge on any atom is -0.345 e. The lowest BCUT2D eigenvalue weighted by atomic mass is 9.74. The summed E-state index contributed by atoms with van der Waals surface area (Å²) in [5, 5.41) is 17.5. The Morgan fingerprint density at radius 2 is 1.67 bits per heavy atom. The lowest BCUT2D eigenvalue weighted by molar-refractivity contribution is -0.133. The van der Waals surface area contributed by atoms with Crippen LogP contribution >= 0.6 is 23.2 Å². The van der Waals surface area contributed by atoms with Gasteiger partial charge in [-0.3, -0.25) is 14.6 Å². The number of halogens is 2. The number of hydrogen-bond donors (Lipinski definition) is 2. The Labute approximate surface area is 280 Å². The van der Waals surface area contributed by atoms with Gasteiger partial charge in [-0.1, -0.05) is 87.0 Å². The summed E-state index contributed by atoms with van der Waals surface area (Å²) in [5.41, 5.74) is 2.02. The number of aromatic nitrogens is 4. The van der Waals surface area contributed by atoms with Gasteiger partial charge in [0.15, 0.2) is 5.82 Å². The molecule has 2 amide bonds. The molecular formula is C35H43Cl2N7O2. The van der Waals surface area contributed by atoms with E-state index in [4.69, 9.17) is 28.2 Å². The maximum Gasteiger partial charge on any atom is 0.275 e. The van der Waals surface area contributed by atoms with E-state index in [9.17, 15) is 9.59 Å². The van der Waals surface area contributed by atoms with Crippen molar-refractivity contribution in [1.29, 1.82) is 0 Å². The highest BCUT2D eigenvalue weighted by Crippen LogP contribution is 2.50. The zero-order chi connectivity index (χ0) is 32.5. The molecule has 2 saturated carbocycles. The van der Waals surface area contributed by atoms with Gasteiger partial charge in [0.1, 0.15) is 11.4 Å². The van der Waals surface area contributed by atoms with Crippen molar-refractivity contribution in [2.45, 2.75) is 103 Å². The fraction of sp³-hybridized carbons (Fsp3) is 0.543. The molecule has 1 spiro atoms. The molecule has 3 aliphatic rings. The molecule has 3 aromatic rings. The Kier molecular flexibility index (Phi) is 9.53. The number of nitrogens with one attached hydrogen (secondary N) is 2. The highest BCUT2D eigenvalue weighted by Gasteiger charge is 2.52. The number of aromatic amines is 1. The van der Waals surface area contributed by atoms with E-state index in [1.54, 1.807) is 18.2 Å². The molecule has 11 heteroatoms. The maximum absolute atomic E-state index is 14.7. The third kappa shape index (κ3) is 7.15. The fourth-order valence-electron chi connectivity index (χ4n) is 7.67. The highest BCUT2D eigenvalue weighted by atomic mass is 35.5. The smallest absolute Gasteiger partial charge is 0.275 e. The zero-order valence-corrected chi connectivity index (χ0v) is 28.4. The second-order valence-corrected chi connectivity index (χ2v) is 15.3. The summed E-state index contributed by atoms with van der Waals surface area (Å²) in [6, 6.07) is 12.7. The number of carbonyl (C=O) groups is 2. The highest BCUT2D eigenvalue weighted by molar-refractivity contribution is 6.47. The molecule has 6 rings (SSSR count). The first-order chi connectivity index (χ1) is 22.0. The first-order valence-corrected chi connectivity index (χ1v) is 17.3. The van der Waals surface area contributed by atoms with E-state index in [1.165, 1.54) is 25.7 Å². The van der Waals surface area contributed by atoms with Crippen LogP contribution in [0.15, 0.2) is 47.5 Å². The van der Waals surface area contributed by atoms with Gasteiger partial charge in [0, 0.05) is 21.2 Å². The number of carbonyl (C=O) groups excluding carboxylic acids is 2. The number of H-pyrrole nitrogens is 1. The summed E-state index contributed by atoms with van der Waals surface area (Å²) in [5.74, 6) is 1.56. The molecule has 1 atom stereocenters. The van der Waals surface area contributed by atoms with Crippen LogP contribution in [0.3, 0.4) is 0 Å². The Bertz CT molecular complexity index is 1550. The molecule has 0 bridgehead atoms. The summed E-state index contributed by atoms with van der Waals surface area (Å²) in [4.78, 5) is 35.0. The van der Waals surface area contributed by atoms with Crippen LogP contribution in [0.2, 0.25) is 10.0 Å². The number of aliphatic imine (C=N–C) groups is 1. The Balaban J connectivity index is 1.33. The molecule has 9 nitrogen and oxygen atoms in total. The Hall–Kier alpha value is -3.30. The van der Waals surface area contributed by atoms with Gasteiger partial charge in [0.05, 0.1) is 12.6 Å². The first kappa shape index (κ1) is 32.6. The minimum atomic E-state index is -0.639. The maximum atomic E-state index is 14.7. The quantitative estimate of drug-likeness (QED) is 0.243. The summed E-state index contributed by atoms with van der Waals surface area (Å²) >= 11 is 12.8. The third-order valence-electron chi connectivity index (χ3n) is 10.1. The van der Waals surface area contributed by atoms with Crippen molar-refractivity contribution in [3.63, 3.8) is 0 Å². The molecule has 2 fully saturated rings. The largest absolute Gasteiger partial charge is 0.345 e. The van der Waals surface area contributed by atoms with Crippen molar-refractivity contribution in [3.8, 4) is 0 Å². The number of benzene rings is 2. The van der Waals surface area contributed by atoms with E-state index < -0.39 is 5.66 Å². The molecule has 2 aliphatic carbocycles. The number of tetrazole rings is 1. The van der Waals surface area contributed by atoms with E-state index in [1.807, 2.05) is 24.3 Å². The van der Waals surface area contributed by atoms with Gasteiger partial charge < -0.3 is 10.2 Å². The Morgan fingerprint density at radius 1 is 1.02 bits per heavy atom. The molecule has 0 radical (unpaired) electrons. The molecule has 244 valence electrons. The van der Waals surface area contributed by atoms with Gasteiger partial charge in [-0.25, -0.2) is 0 Å². The van der Waals surface area contributed by atoms with E-state index in [0.29, 0.717) is 38.6 Å². The van der Waals surface area contributed by atoms with E-state index >= 15 is 0 Å². The van der Waals surface area contributed by atoms with Gasteiger partial charge in [-0.05, 0) is 91.7 Å². The van der Waals surface area contributed by atoms with Crippen molar-refractivity contribution in [1.82, 2.24) is 30.8 Å².